The second-order valence-corrected chi connectivity index (χ2v) is 6.62. The van der Waals surface area contributed by atoms with E-state index in [-0.39, 0.29) is 5.60 Å². The Balaban J connectivity index is 3.91. The summed E-state index contributed by atoms with van der Waals surface area (Å²) in [6.45, 7) is 6.74. The van der Waals surface area contributed by atoms with Gasteiger partial charge in [0.05, 0.1) is 5.60 Å². The number of halogens is 1. The fraction of sp³-hybridized carbons (Fsp3) is 1.00. The van der Waals surface area contributed by atoms with Gasteiger partial charge in [-0.15, -0.1) is 11.6 Å². The topological polar surface area (TPSA) is 9.23 Å². The highest BCUT2D eigenvalue weighted by atomic mass is 35.5. The normalized spacial score (nSPS) is 13.7. The van der Waals surface area contributed by atoms with Gasteiger partial charge in [-0.3, -0.25) is 0 Å². The molecule has 0 fully saturated rings. The van der Waals surface area contributed by atoms with Crippen LogP contribution in [-0.4, -0.2) is 18.6 Å². The largest absolute Gasteiger partial charge is 0.379 e. The van der Waals surface area contributed by atoms with E-state index in [0.717, 1.165) is 12.3 Å². The van der Waals surface area contributed by atoms with Crippen molar-refractivity contribution in [2.45, 2.75) is 90.6 Å². The highest BCUT2D eigenvalue weighted by Crippen LogP contribution is 2.30. The minimum atomic E-state index is 0.00965. The summed E-state index contributed by atoms with van der Waals surface area (Å²) in [6.07, 6.45) is 13.2. The van der Waals surface area contributed by atoms with Crippen molar-refractivity contribution in [2.24, 2.45) is 5.92 Å². The van der Waals surface area contributed by atoms with Crippen molar-refractivity contribution in [3.05, 3.63) is 0 Å². The Kier molecular flexibility index (Phi) is 12.2. The molecule has 2 heteroatoms. The zero-order valence-electron chi connectivity index (χ0n) is 13.6. The molecule has 0 saturated heterocycles. The van der Waals surface area contributed by atoms with E-state index in [1.54, 1.807) is 0 Å². The molecule has 0 bridgehead atoms. The predicted octanol–water partition coefficient (Wildman–Crippen LogP) is 6.19. The fourth-order valence-corrected chi connectivity index (χ4v) is 2.85. The molecular weight excluding hydrogens is 256 g/mol. The molecule has 0 aromatic rings. The molecule has 0 spiro atoms. The first kappa shape index (κ1) is 19.2. The molecule has 0 saturated carbocycles. The van der Waals surface area contributed by atoms with Crippen LogP contribution < -0.4 is 0 Å². The number of methoxy groups -OCH3 is 1. The maximum absolute atomic E-state index is 5.78. The molecule has 1 unspecified atom stereocenters. The molecule has 0 rings (SSSR count). The highest BCUT2D eigenvalue weighted by Gasteiger charge is 2.28. The minimum Gasteiger partial charge on any atom is -0.379 e. The van der Waals surface area contributed by atoms with Gasteiger partial charge in [-0.2, -0.15) is 0 Å². The number of unbranched alkanes of at least 4 members (excludes halogenated alkanes) is 6. The molecule has 19 heavy (non-hydrogen) atoms. The van der Waals surface area contributed by atoms with E-state index >= 15 is 0 Å². The van der Waals surface area contributed by atoms with Crippen LogP contribution in [0.15, 0.2) is 0 Å². The van der Waals surface area contributed by atoms with Crippen molar-refractivity contribution in [2.75, 3.05) is 13.0 Å². The molecule has 116 valence electrons. The molecule has 0 amide bonds. The Labute approximate surface area is 126 Å². The van der Waals surface area contributed by atoms with Crippen molar-refractivity contribution in [3.8, 4) is 0 Å². The SMILES string of the molecule is CCCCCCCCC(CCCCCl)C(C)(C)OC. The number of hydrogen-bond acceptors (Lipinski definition) is 1. The molecule has 0 radical (unpaired) electrons. The fourth-order valence-electron chi connectivity index (χ4n) is 2.66. The predicted molar refractivity (Wildman–Crippen MR) is 87.1 cm³/mol. The quantitative estimate of drug-likeness (QED) is 0.290. The average Bonchev–Trinajstić information content (AvgIpc) is 2.40. The lowest BCUT2D eigenvalue weighted by molar-refractivity contribution is -0.0351. The van der Waals surface area contributed by atoms with Crippen LogP contribution in [0.1, 0.15) is 85.0 Å². The Morgan fingerprint density at radius 1 is 0.895 bits per heavy atom. The molecule has 0 aliphatic rings. The second-order valence-electron chi connectivity index (χ2n) is 6.25. The van der Waals surface area contributed by atoms with Crippen LogP contribution >= 0.6 is 11.6 Å². The van der Waals surface area contributed by atoms with Crippen LogP contribution in [0.4, 0.5) is 0 Å². The number of alkyl halides is 1. The minimum absolute atomic E-state index is 0.00965. The molecule has 0 N–H and O–H groups in total. The zero-order valence-corrected chi connectivity index (χ0v) is 14.4. The molecule has 1 atom stereocenters. The first-order valence-corrected chi connectivity index (χ1v) is 8.73. The van der Waals surface area contributed by atoms with Crippen molar-refractivity contribution in [1.82, 2.24) is 0 Å². The maximum Gasteiger partial charge on any atom is 0.0650 e. The van der Waals surface area contributed by atoms with E-state index in [1.165, 1.54) is 57.8 Å². The van der Waals surface area contributed by atoms with Gasteiger partial charge in [0.1, 0.15) is 0 Å². The molecule has 0 heterocycles. The maximum atomic E-state index is 5.78. The van der Waals surface area contributed by atoms with E-state index < -0.39 is 0 Å². The van der Waals surface area contributed by atoms with Crippen molar-refractivity contribution < 1.29 is 4.74 Å². The summed E-state index contributed by atoms with van der Waals surface area (Å²) < 4.78 is 5.69. The smallest absolute Gasteiger partial charge is 0.0650 e. The van der Waals surface area contributed by atoms with E-state index in [4.69, 9.17) is 16.3 Å². The zero-order chi connectivity index (χ0) is 14.6. The first-order valence-electron chi connectivity index (χ1n) is 8.19. The Hall–Kier alpha value is 0.250. The van der Waals surface area contributed by atoms with Crippen molar-refractivity contribution in [3.63, 3.8) is 0 Å². The van der Waals surface area contributed by atoms with Gasteiger partial charge in [-0.05, 0) is 39.0 Å². The van der Waals surface area contributed by atoms with Gasteiger partial charge >= 0.3 is 0 Å². The monoisotopic (exact) mass is 290 g/mol. The lowest BCUT2D eigenvalue weighted by Gasteiger charge is -2.33. The van der Waals surface area contributed by atoms with E-state index in [1.807, 2.05) is 7.11 Å². The second kappa shape index (κ2) is 12.0. The van der Waals surface area contributed by atoms with Gasteiger partial charge in [0, 0.05) is 13.0 Å². The van der Waals surface area contributed by atoms with Crippen molar-refractivity contribution >= 4 is 11.6 Å². The van der Waals surface area contributed by atoms with E-state index in [2.05, 4.69) is 20.8 Å². The van der Waals surface area contributed by atoms with Crippen LogP contribution in [0.2, 0.25) is 0 Å². The van der Waals surface area contributed by atoms with Crippen molar-refractivity contribution in [1.29, 1.82) is 0 Å². The third kappa shape index (κ3) is 9.73. The van der Waals surface area contributed by atoms with Gasteiger partial charge in [-0.1, -0.05) is 51.9 Å². The standard InChI is InChI=1S/C17H35ClO/c1-5-6-7-8-9-10-13-16(14-11-12-15-18)17(2,3)19-4/h16H,5-15H2,1-4H3. The van der Waals surface area contributed by atoms with Gasteiger partial charge in [0.2, 0.25) is 0 Å². The van der Waals surface area contributed by atoms with Gasteiger partial charge in [0.25, 0.3) is 0 Å². The van der Waals surface area contributed by atoms with Gasteiger partial charge in [-0.25, -0.2) is 0 Å². The summed E-state index contributed by atoms with van der Waals surface area (Å²) in [7, 11) is 1.84. The van der Waals surface area contributed by atoms with Crippen LogP contribution in [0.25, 0.3) is 0 Å². The Morgan fingerprint density at radius 2 is 1.42 bits per heavy atom. The summed E-state index contributed by atoms with van der Waals surface area (Å²) in [4.78, 5) is 0. The molecule has 0 aromatic heterocycles. The summed E-state index contributed by atoms with van der Waals surface area (Å²) in [6, 6.07) is 0. The summed E-state index contributed by atoms with van der Waals surface area (Å²) in [5, 5.41) is 0. The number of hydrogen-bond donors (Lipinski definition) is 0. The van der Waals surface area contributed by atoms with Crippen LogP contribution in [0.3, 0.4) is 0 Å². The lowest BCUT2D eigenvalue weighted by atomic mass is 9.82. The highest BCUT2D eigenvalue weighted by molar-refractivity contribution is 6.17. The molecule has 0 aromatic carbocycles. The summed E-state index contributed by atoms with van der Waals surface area (Å²) >= 11 is 5.78. The van der Waals surface area contributed by atoms with Crippen LogP contribution in [0.5, 0.6) is 0 Å². The third-order valence-corrected chi connectivity index (χ3v) is 4.62. The lowest BCUT2D eigenvalue weighted by Crippen LogP contribution is -2.33. The molecule has 0 aliphatic heterocycles. The van der Waals surface area contributed by atoms with Crippen LogP contribution in [-0.2, 0) is 4.74 Å². The average molecular weight is 291 g/mol. The van der Waals surface area contributed by atoms with Gasteiger partial charge < -0.3 is 4.74 Å². The summed E-state index contributed by atoms with van der Waals surface area (Å²) in [5.41, 5.74) is 0.00965. The van der Waals surface area contributed by atoms with Gasteiger partial charge in [0.15, 0.2) is 0 Å². The third-order valence-electron chi connectivity index (χ3n) is 4.35. The Bertz CT molecular complexity index is 192. The van der Waals surface area contributed by atoms with E-state index in [9.17, 15) is 0 Å². The van der Waals surface area contributed by atoms with E-state index in [0.29, 0.717) is 5.92 Å². The Morgan fingerprint density at radius 3 is 1.95 bits per heavy atom. The molecule has 0 aliphatic carbocycles. The number of ether oxygens (including phenoxy) is 1. The molecule has 1 nitrogen and oxygen atoms in total. The number of rotatable bonds is 13. The first-order chi connectivity index (χ1) is 9.08. The molecular formula is C17H35ClO. The summed E-state index contributed by atoms with van der Waals surface area (Å²) in [5.74, 6) is 1.46. The van der Waals surface area contributed by atoms with Crippen LogP contribution in [0, 0.1) is 5.92 Å².